The molecule has 0 fully saturated rings. The Morgan fingerprint density at radius 2 is 1.77 bits per heavy atom. The van der Waals surface area contributed by atoms with Crippen molar-refractivity contribution in [3.63, 3.8) is 0 Å². The largest absolute Gasteiger partial charge is 0.468 e. The molecule has 0 spiro atoms. The minimum atomic E-state index is -3.93. The highest BCUT2D eigenvalue weighted by atomic mass is 35.5. The Bertz CT molecular complexity index is 1070. The van der Waals surface area contributed by atoms with Crippen LogP contribution in [0.15, 0.2) is 82.3 Å². The highest BCUT2D eigenvalue weighted by Gasteiger charge is 2.28. The maximum atomic E-state index is 13.2. The fourth-order valence-electron chi connectivity index (χ4n) is 3.14. The molecular weight excluding hydrogens is 436 g/mol. The van der Waals surface area contributed by atoms with Gasteiger partial charge in [0.15, 0.2) is 0 Å². The maximum Gasteiger partial charge on any atom is 0.243 e. The Balaban J connectivity index is 1.67. The summed E-state index contributed by atoms with van der Waals surface area (Å²) in [5.41, 5.74) is 1.19. The number of hydrogen-bond acceptors (Lipinski definition) is 4. The van der Waals surface area contributed by atoms with Crippen molar-refractivity contribution in [2.75, 3.05) is 6.54 Å². The van der Waals surface area contributed by atoms with Crippen LogP contribution in [-0.2, 0) is 27.8 Å². The third-order valence-corrected chi connectivity index (χ3v) is 6.86. The van der Waals surface area contributed by atoms with Gasteiger partial charge in [0.1, 0.15) is 5.76 Å². The first-order chi connectivity index (χ1) is 14.8. The number of aryl methyl sites for hydroxylation is 1. The van der Waals surface area contributed by atoms with Gasteiger partial charge in [0.25, 0.3) is 0 Å². The number of hydrogen-bond donors (Lipinski definition) is 1. The lowest BCUT2D eigenvalue weighted by atomic mass is 10.1. The predicted molar refractivity (Wildman–Crippen MR) is 120 cm³/mol. The molecule has 3 aromatic rings. The fourth-order valence-corrected chi connectivity index (χ4v) is 4.63. The van der Waals surface area contributed by atoms with E-state index in [0.29, 0.717) is 10.8 Å². The third-order valence-electron chi connectivity index (χ3n) is 4.80. The Labute approximate surface area is 187 Å². The lowest BCUT2D eigenvalue weighted by Crippen LogP contribution is -2.43. The van der Waals surface area contributed by atoms with Gasteiger partial charge in [-0.05, 0) is 61.7 Å². The molecule has 0 aliphatic heterocycles. The summed E-state index contributed by atoms with van der Waals surface area (Å²) in [5, 5.41) is 3.33. The fraction of sp³-hybridized carbons (Fsp3) is 0.261. The van der Waals surface area contributed by atoms with E-state index in [1.165, 1.54) is 36.1 Å². The number of nitrogens with one attached hydrogen (secondary N) is 1. The van der Waals surface area contributed by atoms with E-state index < -0.39 is 10.0 Å². The van der Waals surface area contributed by atoms with Crippen molar-refractivity contribution >= 4 is 27.5 Å². The first kappa shape index (κ1) is 23.1. The third kappa shape index (κ3) is 6.69. The van der Waals surface area contributed by atoms with Gasteiger partial charge in [0.2, 0.25) is 15.9 Å². The number of furan rings is 1. The minimum Gasteiger partial charge on any atom is -0.468 e. The molecule has 0 bridgehead atoms. The van der Waals surface area contributed by atoms with Crippen molar-refractivity contribution in [3.05, 3.63) is 89.3 Å². The van der Waals surface area contributed by atoms with Crippen LogP contribution in [0.3, 0.4) is 0 Å². The molecular formula is C23H25ClN2O4S. The van der Waals surface area contributed by atoms with Crippen molar-refractivity contribution in [2.24, 2.45) is 0 Å². The van der Waals surface area contributed by atoms with Crippen LogP contribution in [0.5, 0.6) is 0 Å². The van der Waals surface area contributed by atoms with E-state index in [9.17, 15) is 13.2 Å². The second-order valence-corrected chi connectivity index (χ2v) is 9.67. The number of rotatable bonds is 10. The van der Waals surface area contributed by atoms with Crippen LogP contribution in [0.1, 0.15) is 24.7 Å². The summed E-state index contributed by atoms with van der Waals surface area (Å²) in [6, 6.07) is 19.1. The van der Waals surface area contributed by atoms with Gasteiger partial charge in [-0.2, -0.15) is 4.31 Å². The minimum absolute atomic E-state index is 0.0518. The first-order valence-corrected chi connectivity index (χ1v) is 11.8. The van der Waals surface area contributed by atoms with Gasteiger partial charge < -0.3 is 9.73 Å². The van der Waals surface area contributed by atoms with E-state index in [2.05, 4.69) is 5.32 Å². The quantitative estimate of drug-likeness (QED) is 0.490. The van der Waals surface area contributed by atoms with Gasteiger partial charge >= 0.3 is 0 Å². The number of benzene rings is 2. The van der Waals surface area contributed by atoms with Gasteiger partial charge in [0, 0.05) is 11.1 Å². The number of carbonyl (C=O) groups excluding carboxylic acids is 1. The molecule has 1 aromatic heterocycles. The summed E-state index contributed by atoms with van der Waals surface area (Å²) >= 11 is 5.88. The summed E-state index contributed by atoms with van der Waals surface area (Å²) in [7, 11) is -3.93. The number of halogens is 1. The molecule has 1 amide bonds. The van der Waals surface area contributed by atoms with Crippen LogP contribution in [-0.4, -0.2) is 31.2 Å². The van der Waals surface area contributed by atoms with Gasteiger partial charge in [-0.15, -0.1) is 0 Å². The molecule has 6 nitrogen and oxygen atoms in total. The average Bonchev–Trinajstić information content (AvgIpc) is 3.26. The molecule has 0 radical (unpaired) electrons. The second kappa shape index (κ2) is 10.6. The van der Waals surface area contributed by atoms with Crippen molar-refractivity contribution in [1.82, 2.24) is 9.62 Å². The zero-order valence-electron chi connectivity index (χ0n) is 17.2. The first-order valence-electron chi connectivity index (χ1n) is 9.96. The molecule has 0 aliphatic carbocycles. The summed E-state index contributed by atoms with van der Waals surface area (Å²) in [6.07, 6.45) is 3.04. The molecule has 31 heavy (non-hydrogen) atoms. The molecule has 0 saturated heterocycles. The van der Waals surface area contributed by atoms with Gasteiger partial charge in [0.05, 0.1) is 24.2 Å². The lowest BCUT2D eigenvalue weighted by Gasteiger charge is -2.22. The van der Waals surface area contributed by atoms with E-state index in [0.717, 1.165) is 17.1 Å². The zero-order chi connectivity index (χ0) is 22.3. The molecule has 1 atom stereocenters. The van der Waals surface area contributed by atoms with Crippen LogP contribution in [0.25, 0.3) is 0 Å². The van der Waals surface area contributed by atoms with Crippen molar-refractivity contribution in [1.29, 1.82) is 0 Å². The molecule has 0 saturated carbocycles. The maximum absolute atomic E-state index is 13.2. The standard InChI is InChI=1S/C23H25ClN2O4S/c1-18(9-10-19-6-3-2-4-7-19)25-23(27)17-26(16-21-8-5-15-30-21)31(28,29)22-13-11-20(24)12-14-22/h2-8,11-15,18H,9-10,16-17H2,1H3,(H,25,27)/t18-/m1/s1. The van der Waals surface area contributed by atoms with E-state index in [1.54, 1.807) is 12.1 Å². The predicted octanol–water partition coefficient (Wildman–Crippen LogP) is 4.26. The van der Waals surface area contributed by atoms with E-state index in [-0.39, 0.29) is 29.9 Å². The molecule has 1 N–H and O–H groups in total. The van der Waals surface area contributed by atoms with E-state index in [1.807, 2.05) is 37.3 Å². The van der Waals surface area contributed by atoms with Crippen LogP contribution in [0, 0.1) is 0 Å². The van der Waals surface area contributed by atoms with Crippen molar-refractivity contribution in [2.45, 2.75) is 37.2 Å². The highest BCUT2D eigenvalue weighted by molar-refractivity contribution is 7.89. The van der Waals surface area contributed by atoms with E-state index in [4.69, 9.17) is 16.0 Å². The Hall–Kier alpha value is -2.61. The number of nitrogens with zero attached hydrogens (tertiary/aromatic N) is 1. The molecule has 8 heteroatoms. The number of amides is 1. The Morgan fingerprint density at radius 1 is 1.06 bits per heavy atom. The normalized spacial score (nSPS) is 12.6. The van der Waals surface area contributed by atoms with Crippen LogP contribution in [0.2, 0.25) is 5.02 Å². The summed E-state index contributed by atoms with van der Waals surface area (Å²) < 4.78 is 32.7. The van der Waals surface area contributed by atoms with E-state index >= 15 is 0 Å². The summed E-state index contributed by atoms with van der Waals surface area (Å²) in [6.45, 7) is 1.54. The number of carbonyl (C=O) groups is 1. The average molecular weight is 461 g/mol. The van der Waals surface area contributed by atoms with Gasteiger partial charge in [-0.25, -0.2) is 8.42 Å². The lowest BCUT2D eigenvalue weighted by molar-refractivity contribution is -0.122. The number of sulfonamides is 1. The molecule has 0 unspecified atom stereocenters. The zero-order valence-corrected chi connectivity index (χ0v) is 18.8. The summed E-state index contributed by atoms with van der Waals surface area (Å²) in [4.78, 5) is 12.7. The van der Waals surface area contributed by atoms with Crippen LogP contribution in [0.4, 0.5) is 0 Å². The molecule has 1 heterocycles. The topological polar surface area (TPSA) is 79.6 Å². The monoisotopic (exact) mass is 460 g/mol. The Kier molecular flexibility index (Phi) is 7.90. The molecule has 0 aliphatic rings. The highest BCUT2D eigenvalue weighted by Crippen LogP contribution is 2.20. The van der Waals surface area contributed by atoms with Crippen molar-refractivity contribution in [3.8, 4) is 0 Å². The summed E-state index contributed by atoms with van der Waals surface area (Å²) in [5.74, 6) is 0.0760. The molecule has 164 valence electrons. The van der Waals surface area contributed by atoms with Gasteiger partial charge in [-0.1, -0.05) is 41.9 Å². The van der Waals surface area contributed by atoms with Crippen molar-refractivity contribution < 1.29 is 17.6 Å². The van der Waals surface area contributed by atoms with Gasteiger partial charge in [-0.3, -0.25) is 4.79 Å². The van der Waals surface area contributed by atoms with Crippen LogP contribution >= 0.6 is 11.6 Å². The van der Waals surface area contributed by atoms with Crippen LogP contribution < -0.4 is 5.32 Å². The smallest absolute Gasteiger partial charge is 0.243 e. The molecule has 2 aromatic carbocycles. The SMILES string of the molecule is C[C@H](CCc1ccccc1)NC(=O)CN(Cc1ccco1)S(=O)(=O)c1ccc(Cl)cc1. The molecule has 3 rings (SSSR count). The second-order valence-electron chi connectivity index (χ2n) is 7.30. The Morgan fingerprint density at radius 3 is 2.42 bits per heavy atom.